The molecule has 0 aromatic rings. The quantitative estimate of drug-likeness (QED) is 0.626. The predicted octanol–water partition coefficient (Wildman–Crippen LogP) is 1.22. The van der Waals surface area contributed by atoms with E-state index in [1.807, 2.05) is 13.8 Å². The third-order valence-corrected chi connectivity index (χ3v) is 1.43. The molecule has 1 aliphatic carbocycles. The van der Waals surface area contributed by atoms with Crippen LogP contribution >= 0.6 is 0 Å². The normalized spacial score (nSPS) is 14.9. The highest BCUT2D eigenvalue weighted by Gasteiger charge is 2.22. The molecule has 0 saturated carbocycles. The first-order chi connectivity index (χ1) is 6.69. The molecule has 1 rings (SSSR count). The maximum atomic E-state index is 11.2. The third kappa shape index (κ3) is 2.73. The van der Waals surface area contributed by atoms with Crippen LogP contribution in [0, 0.1) is 0 Å². The van der Waals surface area contributed by atoms with Gasteiger partial charge in [-0.05, 0) is 0 Å². The Hall–Kier alpha value is -1.58. The SMILES string of the molecule is CC.COC1=CC(=O)C=C(OC)C1=O. The summed E-state index contributed by atoms with van der Waals surface area (Å²) in [4.78, 5) is 22.1. The van der Waals surface area contributed by atoms with Crippen LogP contribution in [0.5, 0.6) is 0 Å². The van der Waals surface area contributed by atoms with Crippen molar-refractivity contribution in [1.29, 1.82) is 0 Å². The summed E-state index contributed by atoms with van der Waals surface area (Å²) in [5.41, 5.74) is 0. The van der Waals surface area contributed by atoms with Crippen molar-refractivity contribution in [3.05, 3.63) is 23.7 Å². The summed E-state index contributed by atoms with van der Waals surface area (Å²) in [6.07, 6.45) is 2.26. The summed E-state index contributed by atoms with van der Waals surface area (Å²) in [5, 5.41) is 0. The van der Waals surface area contributed by atoms with E-state index in [1.54, 1.807) is 0 Å². The van der Waals surface area contributed by atoms with Gasteiger partial charge >= 0.3 is 0 Å². The molecule has 0 heterocycles. The fourth-order valence-electron chi connectivity index (χ4n) is 0.856. The molecule has 0 bridgehead atoms. The van der Waals surface area contributed by atoms with Gasteiger partial charge in [-0.1, -0.05) is 13.8 Å². The van der Waals surface area contributed by atoms with Crippen molar-refractivity contribution in [3.63, 3.8) is 0 Å². The van der Waals surface area contributed by atoms with Gasteiger partial charge in [-0.25, -0.2) is 0 Å². The molecule has 0 atom stereocenters. The number of allylic oxidation sites excluding steroid dienone is 2. The lowest BCUT2D eigenvalue weighted by Crippen LogP contribution is -2.16. The molecule has 4 nitrogen and oxygen atoms in total. The molecule has 0 aromatic heterocycles. The highest BCUT2D eigenvalue weighted by atomic mass is 16.5. The van der Waals surface area contributed by atoms with Crippen LogP contribution in [0.4, 0.5) is 0 Å². The molecule has 4 heteroatoms. The summed E-state index contributed by atoms with van der Waals surface area (Å²) in [6, 6.07) is 0. The first-order valence-corrected chi connectivity index (χ1v) is 4.29. The number of hydrogen-bond donors (Lipinski definition) is 0. The van der Waals surface area contributed by atoms with E-state index in [1.165, 1.54) is 14.2 Å². The first kappa shape index (κ1) is 12.4. The van der Waals surface area contributed by atoms with Crippen molar-refractivity contribution in [2.45, 2.75) is 13.8 Å². The lowest BCUT2D eigenvalue weighted by Gasteiger charge is -2.10. The topological polar surface area (TPSA) is 52.6 Å². The van der Waals surface area contributed by atoms with Crippen molar-refractivity contribution in [1.82, 2.24) is 0 Å². The van der Waals surface area contributed by atoms with Crippen molar-refractivity contribution in [3.8, 4) is 0 Å². The molecule has 0 saturated heterocycles. The zero-order valence-corrected chi connectivity index (χ0v) is 8.79. The number of carbonyl (C=O) groups is 2. The third-order valence-electron chi connectivity index (χ3n) is 1.43. The molecule has 78 valence electrons. The van der Waals surface area contributed by atoms with Crippen molar-refractivity contribution < 1.29 is 19.1 Å². The monoisotopic (exact) mass is 198 g/mol. The van der Waals surface area contributed by atoms with Crippen LogP contribution in [0.2, 0.25) is 0 Å². The van der Waals surface area contributed by atoms with E-state index in [2.05, 4.69) is 9.47 Å². The fraction of sp³-hybridized carbons (Fsp3) is 0.400. The number of hydrogen-bond acceptors (Lipinski definition) is 4. The second-order valence-corrected chi connectivity index (χ2v) is 2.16. The zero-order chi connectivity index (χ0) is 11.1. The van der Waals surface area contributed by atoms with Crippen LogP contribution in [-0.4, -0.2) is 25.8 Å². The van der Waals surface area contributed by atoms with E-state index in [0.717, 1.165) is 12.2 Å². The number of carbonyl (C=O) groups excluding carboxylic acids is 2. The van der Waals surface area contributed by atoms with Crippen molar-refractivity contribution in [2.24, 2.45) is 0 Å². The standard InChI is InChI=1S/C8H8O4.C2H6/c1-11-6-3-5(9)4-7(12-2)8(6)10;1-2/h3-4H,1-2H3;1-2H3. The van der Waals surface area contributed by atoms with E-state index in [-0.39, 0.29) is 17.3 Å². The number of rotatable bonds is 2. The molecular weight excluding hydrogens is 184 g/mol. The van der Waals surface area contributed by atoms with E-state index >= 15 is 0 Å². The Morgan fingerprint density at radius 3 is 1.57 bits per heavy atom. The summed E-state index contributed by atoms with van der Waals surface area (Å²) in [5.74, 6) is -0.679. The average molecular weight is 198 g/mol. The van der Waals surface area contributed by atoms with Gasteiger partial charge in [0.1, 0.15) is 0 Å². The molecule has 0 spiro atoms. The molecule has 14 heavy (non-hydrogen) atoms. The van der Waals surface area contributed by atoms with Crippen LogP contribution < -0.4 is 0 Å². The van der Waals surface area contributed by atoms with Gasteiger partial charge in [-0.3, -0.25) is 9.59 Å². The van der Waals surface area contributed by atoms with Crippen LogP contribution in [-0.2, 0) is 19.1 Å². The fourth-order valence-corrected chi connectivity index (χ4v) is 0.856. The molecule has 0 fully saturated rings. The smallest absolute Gasteiger partial charge is 0.262 e. The minimum absolute atomic E-state index is 0.0133. The second kappa shape index (κ2) is 5.96. The molecule has 0 amide bonds. The summed E-state index contributed by atoms with van der Waals surface area (Å²) in [6.45, 7) is 4.00. The Morgan fingerprint density at radius 2 is 1.29 bits per heavy atom. The molecule has 0 unspecified atom stereocenters. The number of ether oxygens (including phenoxy) is 2. The second-order valence-electron chi connectivity index (χ2n) is 2.16. The molecule has 0 N–H and O–H groups in total. The van der Waals surface area contributed by atoms with Gasteiger partial charge in [0.05, 0.1) is 14.2 Å². The van der Waals surface area contributed by atoms with E-state index in [9.17, 15) is 9.59 Å². The molecular formula is C10H14O4. The van der Waals surface area contributed by atoms with Gasteiger partial charge in [-0.15, -0.1) is 0 Å². The Morgan fingerprint density at radius 1 is 0.929 bits per heavy atom. The molecule has 1 aliphatic rings. The van der Waals surface area contributed by atoms with Gasteiger partial charge in [0.15, 0.2) is 17.3 Å². The Labute approximate surface area is 83.2 Å². The average Bonchev–Trinajstić information content (AvgIpc) is 2.23. The molecule has 0 aromatic carbocycles. The van der Waals surface area contributed by atoms with Gasteiger partial charge in [0, 0.05) is 12.2 Å². The van der Waals surface area contributed by atoms with Crippen molar-refractivity contribution in [2.75, 3.05) is 14.2 Å². The maximum Gasteiger partial charge on any atom is 0.262 e. The summed E-state index contributed by atoms with van der Waals surface area (Å²) < 4.78 is 9.35. The largest absolute Gasteiger partial charge is 0.492 e. The number of Topliss-reactive ketones (excluding diaryl/α,β-unsaturated/α-hetero) is 1. The van der Waals surface area contributed by atoms with Gasteiger partial charge < -0.3 is 9.47 Å². The minimum atomic E-state index is -0.403. The van der Waals surface area contributed by atoms with Gasteiger partial charge in [-0.2, -0.15) is 0 Å². The highest BCUT2D eigenvalue weighted by Crippen LogP contribution is 2.13. The van der Waals surface area contributed by atoms with Crippen LogP contribution in [0.1, 0.15) is 13.8 Å². The highest BCUT2D eigenvalue weighted by molar-refractivity contribution is 6.18. The molecule has 0 aliphatic heterocycles. The van der Waals surface area contributed by atoms with Crippen LogP contribution in [0.3, 0.4) is 0 Å². The Balaban J connectivity index is 0.000000791. The summed E-state index contributed by atoms with van der Waals surface area (Å²) in [7, 11) is 2.66. The van der Waals surface area contributed by atoms with Crippen molar-refractivity contribution >= 4 is 11.6 Å². The molecule has 0 radical (unpaired) electrons. The lowest BCUT2D eigenvalue weighted by atomic mass is 10.1. The van der Waals surface area contributed by atoms with Gasteiger partial charge in [0.25, 0.3) is 5.78 Å². The minimum Gasteiger partial charge on any atom is -0.492 e. The van der Waals surface area contributed by atoms with E-state index in [0.29, 0.717) is 0 Å². The number of methoxy groups -OCH3 is 2. The summed E-state index contributed by atoms with van der Waals surface area (Å²) >= 11 is 0. The Bertz CT molecular complexity index is 260. The number of ketones is 2. The predicted molar refractivity (Wildman–Crippen MR) is 51.5 cm³/mol. The van der Waals surface area contributed by atoms with E-state index < -0.39 is 5.78 Å². The van der Waals surface area contributed by atoms with Crippen LogP contribution in [0.25, 0.3) is 0 Å². The maximum absolute atomic E-state index is 11.2. The van der Waals surface area contributed by atoms with E-state index in [4.69, 9.17) is 0 Å². The van der Waals surface area contributed by atoms with Gasteiger partial charge in [0.2, 0.25) is 0 Å². The first-order valence-electron chi connectivity index (χ1n) is 4.29. The zero-order valence-electron chi connectivity index (χ0n) is 8.79. The van der Waals surface area contributed by atoms with Crippen LogP contribution in [0.15, 0.2) is 23.7 Å². The Kier molecular flexibility index (Phi) is 5.29. The lowest BCUT2D eigenvalue weighted by molar-refractivity contribution is -0.120.